The fraction of sp³-hybridized carbons (Fsp3) is 0.211. The van der Waals surface area contributed by atoms with Crippen molar-refractivity contribution in [1.82, 2.24) is 10.3 Å². The van der Waals surface area contributed by atoms with Gasteiger partial charge in [0.1, 0.15) is 17.1 Å². The van der Waals surface area contributed by atoms with Crippen LogP contribution in [-0.2, 0) is 10.4 Å². The molecule has 0 saturated carbocycles. The van der Waals surface area contributed by atoms with Crippen molar-refractivity contribution in [2.45, 2.75) is 18.7 Å². The van der Waals surface area contributed by atoms with Gasteiger partial charge in [0.25, 0.3) is 11.5 Å². The zero-order valence-corrected chi connectivity index (χ0v) is 17.1. The molecule has 1 atom stereocenters. The number of urea groups is 1. The number of nitrogens with one attached hydrogen (secondary N) is 3. The number of amides is 3. The van der Waals surface area contributed by atoms with Crippen LogP contribution in [0.5, 0.6) is 5.75 Å². The van der Waals surface area contributed by atoms with Crippen molar-refractivity contribution in [3.63, 3.8) is 0 Å². The number of alkyl halides is 3. The molecule has 3 amide bonds. The Hall–Kier alpha value is -3.45. The average Bonchev–Trinajstić information content (AvgIpc) is 3.11. The molecule has 1 unspecified atom stereocenters. The van der Waals surface area contributed by atoms with Crippen molar-refractivity contribution in [3.05, 3.63) is 47.8 Å². The number of aromatic hydroxyl groups is 1. The molecule has 2 aromatic carbocycles. The van der Waals surface area contributed by atoms with Crippen LogP contribution in [0.2, 0.25) is 0 Å². The largest absolute Gasteiger partial charge is 0.506 e. The number of phenols is 1. The monoisotopic (exact) mass is 472 g/mol. The lowest BCUT2D eigenvalue weighted by Gasteiger charge is -2.29. The summed E-state index contributed by atoms with van der Waals surface area (Å²) in [7, 11) is 0. The summed E-state index contributed by atoms with van der Waals surface area (Å²) in [4.78, 5) is 28.1. The number of carbonyl (C=O) groups excluding carboxylic acids is 2. The van der Waals surface area contributed by atoms with Crippen molar-refractivity contribution in [2.24, 2.45) is 0 Å². The molecule has 3 rings (SSSR count). The second kappa shape index (κ2) is 8.59. The molecule has 1 heterocycles. The lowest BCUT2D eigenvalue weighted by molar-refractivity contribution is -0.256. The fourth-order valence-corrected chi connectivity index (χ4v) is 3.70. The summed E-state index contributed by atoms with van der Waals surface area (Å²) in [6, 6.07) is 5.55. The number of aromatic nitrogens is 1. The number of thiazole rings is 1. The first kappa shape index (κ1) is 23.2. The normalized spacial score (nSPS) is 13.4. The first-order valence-electron chi connectivity index (χ1n) is 9.00. The van der Waals surface area contributed by atoms with E-state index in [1.807, 2.05) is 5.32 Å². The average molecular weight is 472 g/mol. The van der Waals surface area contributed by atoms with E-state index in [-0.39, 0.29) is 27.6 Å². The van der Waals surface area contributed by atoms with Gasteiger partial charge in [0.05, 0.1) is 4.70 Å². The molecular weight excluding hydrogens is 456 g/mol. The molecule has 0 aliphatic carbocycles. The van der Waals surface area contributed by atoms with Crippen LogP contribution < -0.4 is 16.0 Å². The highest BCUT2D eigenvalue weighted by atomic mass is 32.1. The molecule has 0 aliphatic heterocycles. The molecule has 0 aliphatic rings. The quantitative estimate of drug-likeness (QED) is 0.363. The molecule has 32 heavy (non-hydrogen) atoms. The third kappa shape index (κ3) is 4.43. The minimum absolute atomic E-state index is 0.0240. The summed E-state index contributed by atoms with van der Waals surface area (Å²) in [6.45, 7) is 1.22. The van der Waals surface area contributed by atoms with Crippen molar-refractivity contribution in [1.29, 1.82) is 0 Å². The Bertz CT molecular complexity index is 1170. The predicted octanol–water partition coefficient (Wildman–Crippen LogP) is 3.67. The van der Waals surface area contributed by atoms with Gasteiger partial charge in [-0.05, 0) is 43.3 Å². The molecular formula is C19H16F4N4O4S. The molecule has 5 N–H and O–H groups in total. The van der Waals surface area contributed by atoms with Crippen LogP contribution in [0.3, 0.4) is 0 Å². The molecule has 0 fully saturated rings. The van der Waals surface area contributed by atoms with Crippen molar-refractivity contribution in [3.8, 4) is 5.75 Å². The fourth-order valence-electron chi connectivity index (χ4n) is 2.78. The van der Waals surface area contributed by atoms with Crippen LogP contribution in [0.15, 0.2) is 36.4 Å². The van der Waals surface area contributed by atoms with Gasteiger partial charge >= 0.3 is 12.2 Å². The smallest absolute Gasteiger partial charge is 0.430 e. The van der Waals surface area contributed by atoms with Gasteiger partial charge in [-0.25, -0.2) is 14.2 Å². The third-order valence-electron chi connectivity index (χ3n) is 4.29. The van der Waals surface area contributed by atoms with Crippen LogP contribution in [0.1, 0.15) is 12.5 Å². The number of fused-ring (bicyclic) bond motifs is 1. The first-order chi connectivity index (χ1) is 15.0. The highest BCUT2D eigenvalue weighted by Gasteiger charge is 2.61. The zero-order chi connectivity index (χ0) is 23.7. The van der Waals surface area contributed by atoms with E-state index in [4.69, 9.17) is 0 Å². The van der Waals surface area contributed by atoms with E-state index < -0.39 is 40.8 Å². The molecule has 0 saturated heterocycles. The van der Waals surface area contributed by atoms with E-state index in [0.717, 1.165) is 18.2 Å². The number of benzene rings is 2. The summed E-state index contributed by atoms with van der Waals surface area (Å²) in [6.07, 6.45) is -5.38. The highest BCUT2D eigenvalue weighted by molar-refractivity contribution is 7.22. The van der Waals surface area contributed by atoms with Crippen LogP contribution in [0.25, 0.3) is 10.2 Å². The molecule has 0 spiro atoms. The molecule has 0 radical (unpaired) electrons. The van der Waals surface area contributed by atoms with Gasteiger partial charge in [-0.15, -0.1) is 0 Å². The molecule has 3 aromatic rings. The zero-order valence-electron chi connectivity index (χ0n) is 16.2. The Kier molecular flexibility index (Phi) is 6.23. The Morgan fingerprint density at radius 1 is 1.12 bits per heavy atom. The number of phenolic OH excluding ortho intramolecular Hbond substituents is 1. The maximum absolute atomic E-state index is 13.6. The van der Waals surface area contributed by atoms with E-state index in [0.29, 0.717) is 17.4 Å². The summed E-state index contributed by atoms with van der Waals surface area (Å²) in [5.41, 5.74) is -4.69. The number of anilines is 2. The number of aliphatic hydroxyl groups is 1. The molecule has 1 aromatic heterocycles. The number of carbonyl (C=O) groups is 2. The summed E-state index contributed by atoms with van der Waals surface area (Å²) in [5.74, 6) is -2.93. The third-order valence-corrected chi connectivity index (χ3v) is 5.21. The molecule has 170 valence electrons. The van der Waals surface area contributed by atoms with Crippen LogP contribution in [-0.4, -0.2) is 39.9 Å². The molecule has 13 heteroatoms. The van der Waals surface area contributed by atoms with Crippen molar-refractivity contribution >= 4 is 44.3 Å². The van der Waals surface area contributed by atoms with E-state index in [2.05, 4.69) is 15.6 Å². The van der Waals surface area contributed by atoms with E-state index >= 15 is 0 Å². The van der Waals surface area contributed by atoms with Gasteiger partial charge in [-0.1, -0.05) is 11.3 Å². The van der Waals surface area contributed by atoms with Gasteiger partial charge in [0, 0.05) is 17.8 Å². The van der Waals surface area contributed by atoms with Gasteiger partial charge in [-0.3, -0.25) is 10.1 Å². The van der Waals surface area contributed by atoms with E-state index in [9.17, 15) is 37.4 Å². The predicted molar refractivity (Wildman–Crippen MR) is 109 cm³/mol. The van der Waals surface area contributed by atoms with Gasteiger partial charge in [0.2, 0.25) is 0 Å². The number of hydrogen-bond donors (Lipinski definition) is 5. The van der Waals surface area contributed by atoms with Crippen molar-refractivity contribution in [2.75, 3.05) is 17.2 Å². The minimum atomic E-state index is -5.38. The van der Waals surface area contributed by atoms with Crippen LogP contribution in [0, 0.1) is 5.82 Å². The first-order valence-corrected chi connectivity index (χ1v) is 9.82. The SMILES string of the molecule is CCNC(=O)C(O)(c1cc(O)c2nc(NC(=O)Nc3ccc(F)cc3)sc2c1)C(F)(F)F. The van der Waals surface area contributed by atoms with E-state index in [1.54, 1.807) is 0 Å². The Morgan fingerprint density at radius 3 is 2.38 bits per heavy atom. The topological polar surface area (TPSA) is 124 Å². The van der Waals surface area contributed by atoms with Gasteiger partial charge in [0.15, 0.2) is 5.13 Å². The maximum Gasteiger partial charge on any atom is 0.430 e. The number of halogens is 4. The molecule has 0 bridgehead atoms. The van der Waals surface area contributed by atoms with Crippen molar-refractivity contribution < 1.29 is 37.4 Å². The Morgan fingerprint density at radius 2 is 1.78 bits per heavy atom. The minimum Gasteiger partial charge on any atom is -0.506 e. The standard InChI is InChI=1S/C19H16F4N4O4S/c1-2-24-15(29)18(31,19(21,22)23)9-7-12(28)14-13(8-9)32-17(26-14)27-16(30)25-11-5-3-10(20)4-6-11/h3-8,28,31H,2H2,1H3,(H,24,29)(H2,25,26,27,30). The lowest BCUT2D eigenvalue weighted by atomic mass is 9.91. The highest BCUT2D eigenvalue weighted by Crippen LogP contribution is 2.43. The van der Waals surface area contributed by atoms with Gasteiger partial charge < -0.3 is 20.8 Å². The number of likely N-dealkylation sites (N-methyl/N-ethyl adjacent to an activating group) is 1. The second-order valence-electron chi connectivity index (χ2n) is 6.51. The maximum atomic E-state index is 13.6. The number of nitrogens with zero attached hydrogens (tertiary/aromatic N) is 1. The second-order valence-corrected chi connectivity index (χ2v) is 7.55. The Balaban J connectivity index is 1.92. The summed E-state index contributed by atoms with van der Waals surface area (Å²) in [5, 5.41) is 27.0. The van der Waals surface area contributed by atoms with Gasteiger partial charge in [-0.2, -0.15) is 13.2 Å². The van der Waals surface area contributed by atoms with Crippen LogP contribution in [0.4, 0.5) is 33.2 Å². The molecule has 8 nitrogen and oxygen atoms in total. The van der Waals surface area contributed by atoms with Crippen LogP contribution >= 0.6 is 11.3 Å². The summed E-state index contributed by atoms with van der Waals surface area (Å²) >= 11 is 0.706. The number of rotatable bonds is 5. The van der Waals surface area contributed by atoms with E-state index in [1.165, 1.54) is 19.1 Å². The lowest BCUT2D eigenvalue weighted by Crippen LogP contribution is -2.54. The Labute approximate surface area is 181 Å². The number of hydrogen-bond acceptors (Lipinski definition) is 6. The summed E-state index contributed by atoms with van der Waals surface area (Å²) < 4.78 is 53.7.